The van der Waals surface area contributed by atoms with Gasteiger partial charge in [0, 0.05) is 32.3 Å². The molecule has 0 radical (unpaired) electrons. The maximum atomic E-state index is 5.99. The zero-order valence-corrected chi connectivity index (χ0v) is 12.7. The Hall–Kier alpha value is -0.120. The molecule has 0 aromatic rings. The van der Waals surface area contributed by atoms with Crippen LogP contribution in [0.25, 0.3) is 0 Å². The van der Waals surface area contributed by atoms with Crippen molar-refractivity contribution in [3.8, 4) is 0 Å². The molecule has 0 aromatic carbocycles. The SMILES string of the molecule is CC(C)CC(C)C(CN)N(C)CC1CCOCC1. The monoisotopic (exact) mass is 256 g/mol. The van der Waals surface area contributed by atoms with Gasteiger partial charge in [0.05, 0.1) is 0 Å². The fourth-order valence-corrected chi connectivity index (χ4v) is 3.22. The Balaban J connectivity index is 2.42. The molecule has 2 atom stereocenters. The van der Waals surface area contributed by atoms with Gasteiger partial charge >= 0.3 is 0 Å². The molecule has 2 N–H and O–H groups in total. The molecular weight excluding hydrogens is 224 g/mol. The van der Waals surface area contributed by atoms with Crippen LogP contribution >= 0.6 is 0 Å². The molecule has 0 bridgehead atoms. The summed E-state index contributed by atoms with van der Waals surface area (Å²) in [4.78, 5) is 2.49. The molecule has 1 saturated heterocycles. The van der Waals surface area contributed by atoms with Gasteiger partial charge in [-0.25, -0.2) is 0 Å². The zero-order chi connectivity index (χ0) is 13.5. The first kappa shape index (κ1) is 15.9. The summed E-state index contributed by atoms with van der Waals surface area (Å²) in [6, 6.07) is 0.523. The number of nitrogens with two attached hydrogens (primary N) is 1. The van der Waals surface area contributed by atoms with E-state index in [4.69, 9.17) is 10.5 Å². The highest BCUT2D eigenvalue weighted by Gasteiger charge is 2.24. The van der Waals surface area contributed by atoms with Gasteiger partial charge in [0.1, 0.15) is 0 Å². The Bertz CT molecular complexity index is 215. The first-order chi connectivity index (χ1) is 8.54. The Morgan fingerprint density at radius 1 is 1.22 bits per heavy atom. The van der Waals surface area contributed by atoms with Crippen LogP contribution in [0.3, 0.4) is 0 Å². The second-order valence-electron chi connectivity index (χ2n) is 6.41. The van der Waals surface area contributed by atoms with Crippen molar-refractivity contribution in [3.05, 3.63) is 0 Å². The number of rotatable bonds is 7. The Labute approximate surface area is 113 Å². The van der Waals surface area contributed by atoms with E-state index in [0.717, 1.165) is 31.6 Å². The van der Waals surface area contributed by atoms with E-state index in [9.17, 15) is 0 Å². The maximum absolute atomic E-state index is 5.99. The third kappa shape index (κ3) is 5.25. The van der Waals surface area contributed by atoms with Crippen LogP contribution < -0.4 is 5.73 Å². The van der Waals surface area contributed by atoms with Crippen LogP contribution in [0.15, 0.2) is 0 Å². The molecular formula is C15H32N2O. The lowest BCUT2D eigenvalue weighted by Gasteiger charge is -2.36. The molecule has 0 amide bonds. The van der Waals surface area contributed by atoms with E-state index in [0.29, 0.717) is 12.0 Å². The predicted molar refractivity (Wildman–Crippen MR) is 77.6 cm³/mol. The minimum atomic E-state index is 0.523. The fourth-order valence-electron chi connectivity index (χ4n) is 3.22. The van der Waals surface area contributed by atoms with Crippen LogP contribution in [0.5, 0.6) is 0 Å². The Kier molecular flexibility index (Phi) is 7.20. The number of hydrogen-bond acceptors (Lipinski definition) is 3. The summed E-state index contributed by atoms with van der Waals surface area (Å²) in [6.45, 7) is 10.8. The topological polar surface area (TPSA) is 38.5 Å². The lowest BCUT2D eigenvalue weighted by atomic mass is 9.90. The van der Waals surface area contributed by atoms with E-state index in [1.807, 2.05) is 0 Å². The second kappa shape index (κ2) is 8.13. The highest BCUT2D eigenvalue weighted by Crippen LogP contribution is 2.21. The molecule has 2 unspecified atom stereocenters. The molecule has 1 aliphatic rings. The van der Waals surface area contributed by atoms with Gasteiger partial charge in [-0.15, -0.1) is 0 Å². The van der Waals surface area contributed by atoms with Crippen LogP contribution in [-0.4, -0.2) is 44.3 Å². The lowest BCUT2D eigenvalue weighted by molar-refractivity contribution is 0.0456. The summed E-state index contributed by atoms with van der Waals surface area (Å²) in [5.74, 6) is 2.23. The number of ether oxygens (including phenoxy) is 1. The maximum Gasteiger partial charge on any atom is 0.0469 e. The first-order valence-corrected chi connectivity index (χ1v) is 7.52. The van der Waals surface area contributed by atoms with Gasteiger partial charge in [-0.1, -0.05) is 20.8 Å². The van der Waals surface area contributed by atoms with Crippen LogP contribution in [0.4, 0.5) is 0 Å². The fraction of sp³-hybridized carbons (Fsp3) is 1.00. The predicted octanol–water partition coefficient (Wildman–Crippen LogP) is 2.35. The highest BCUT2D eigenvalue weighted by molar-refractivity contribution is 4.79. The van der Waals surface area contributed by atoms with E-state index in [1.54, 1.807) is 0 Å². The highest BCUT2D eigenvalue weighted by atomic mass is 16.5. The molecule has 1 rings (SSSR count). The van der Waals surface area contributed by atoms with Crippen LogP contribution in [0.1, 0.15) is 40.0 Å². The number of hydrogen-bond donors (Lipinski definition) is 1. The van der Waals surface area contributed by atoms with E-state index in [1.165, 1.54) is 25.8 Å². The normalized spacial score (nSPS) is 21.5. The van der Waals surface area contributed by atoms with Gasteiger partial charge in [-0.3, -0.25) is 0 Å². The molecule has 1 heterocycles. The quantitative estimate of drug-likeness (QED) is 0.760. The zero-order valence-electron chi connectivity index (χ0n) is 12.7. The van der Waals surface area contributed by atoms with Crippen molar-refractivity contribution in [2.75, 3.05) is 33.4 Å². The summed E-state index contributed by atoms with van der Waals surface area (Å²) >= 11 is 0. The molecule has 3 nitrogen and oxygen atoms in total. The average Bonchev–Trinajstić information content (AvgIpc) is 2.30. The van der Waals surface area contributed by atoms with Crippen molar-refractivity contribution in [1.29, 1.82) is 0 Å². The second-order valence-corrected chi connectivity index (χ2v) is 6.41. The van der Waals surface area contributed by atoms with Crippen molar-refractivity contribution in [2.24, 2.45) is 23.5 Å². The third-order valence-corrected chi connectivity index (χ3v) is 4.19. The average molecular weight is 256 g/mol. The largest absolute Gasteiger partial charge is 0.381 e. The van der Waals surface area contributed by atoms with Crippen molar-refractivity contribution in [1.82, 2.24) is 4.90 Å². The lowest BCUT2D eigenvalue weighted by Crippen LogP contribution is -2.45. The van der Waals surface area contributed by atoms with E-state index in [-0.39, 0.29) is 0 Å². The van der Waals surface area contributed by atoms with Gasteiger partial charge in [0.15, 0.2) is 0 Å². The van der Waals surface area contributed by atoms with Crippen LogP contribution in [0, 0.1) is 17.8 Å². The van der Waals surface area contributed by atoms with Crippen LogP contribution in [0.2, 0.25) is 0 Å². The van der Waals surface area contributed by atoms with Crippen molar-refractivity contribution in [3.63, 3.8) is 0 Å². The minimum absolute atomic E-state index is 0.523. The summed E-state index contributed by atoms with van der Waals surface area (Å²) in [5, 5.41) is 0. The summed E-state index contributed by atoms with van der Waals surface area (Å²) in [7, 11) is 2.24. The number of likely N-dealkylation sites (N-methyl/N-ethyl adjacent to an activating group) is 1. The molecule has 108 valence electrons. The van der Waals surface area contributed by atoms with Crippen molar-refractivity contribution >= 4 is 0 Å². The minimum Gasteiger partial charge on any atom is -0.381 e. The molecule has 18 heavy (non-hydrogen) atoms. The van der Waals surface area contributed by atoms with Gasteiger partial charge < -0.3 is 15.4 Å². The Morgan fingerprint density at radius 2 is 1.83 bits per heavy atom. The number of nitrogens with zero attached hydrogens (tertiary/aromatic N) is 1. The Morgan fingerprint density at radius 3 is 2.33 bits per heavy atom. The van der Waals surface area contributed by atoms with E-state index < -0.39 is 0 Å². The van der Waals surface area contributed by atoms with E-state index >= 15 is 0 Å². The summed E-state index contributed by atoms with van der Waals surface area (Å²) < 4.78 is 5.42. The van der Waals surface area contributed by atoms with E-state index in [2.05, 4.69) is 32.7 Å². The molecule has 3 heteroatoms. The van der Waals surface area contributed by atoms with Crippen LogP contribution in [-0.2, 0) is 4.74 Å². The molecule has 0 aromatic heterocycles. The van der Waals surface area contributed by atoms with Gasteiger partial charge in [-0.05, 0) is 44.1 Å². The molecule has 1 aliphatic heterocycles. The van der Waals surface area contributed by atoms with Gasteiger partial charge in [0.25, 0.3) is 0 Å². The molecule has 0 aliphatic carbocycles. The molecule has 1 fully saturated rings. The molecule has 0 saturated carbocycles. The summed E-state index contributed by atoms with van der Waals surface area (Å²) in [5.41, 5.74) is 5.99. The van der Waals surface area contributed by atoms with Crippen molar-refractivity contribution < 1.29 is 4.74 Å². The van der Waals surface area contributed by atoms with Gasteiger partial charge in [0.2, 0.25) is 0 Å². The first-order valence-electron chi connectivity index (χ1n) is 7.52. The van der Waals surface area contributed by atoms with Gasteiger partial charge in [-0.2, -0.15) is 0 Å². The summed E-state index contributed by atoms with van der Waals surface area (Å²) in [6.07, 6.45) is 3.68. The standard InChI is InChI=1S/C15H32N2O/c1-12(2)9-13(3)15(10-16)17(4)11-14-5-7-18-8-6-14/h12-15H,5-11,16H2,1-4H3. The third-order valence-electron chi connectivity index (χ3n) is 4.19. The smallest absolute Gasteiger partial charge is 0.0469 e. The molecule has 0 spiro atoms. The van der Waals surface area contributed by atoms with Crippen molar-refractivity contribution in [2.45, 2.75) is 46.1 Å².